The summed E-state index contributed by atoms with van der Waals surface area (Å²) in [4.78, 5) is 0. The lowest BCUT2D eigenvalue weighted by Gasteiger charge is -2.29. The Morgan fingerprint density at radius 3 is 2.33 bits per heavy atom. The van der Waals surface area contributed by atoms with Gasteiger partial charge in [-0.3, -0.25) is 0 Å². The summed E-state index contributed by atoms with van der Waals surface area (Å²) in [5, 5.41) is 0. The molecule has 2 atom stereocenters. The molecule has 0 N–H and O–H groups in total. The molecule has 3 rings (SSSR count). The molecular formula is C12H18. The number of allylic oxidation sites excluding steroid dienone is 2. The van der Waals surface area contributed by atoms with Gasteiger partial charge in [0.25, 0.3) is 0 Å². The van der Waals surface area contributed by atoms with Gasteiger partial charge in [0.1, 0.15) is 0 Å². The zero-order valence-electron chi connectivity index (χ0n) is 7.76. The molecule has 0 unspecified atom stereocenters. The molecule has 0 spiro atoms. The van der Waals surface area contributed by atoms with E-state index < -0.39 is 0 Å². The van der Waals surface area contributed by atoms with Crippen LogP contribution in [0.5, 0.6) is 0 Å². The molecule has 0 nitrogen and oxygen atoms in total. The maximum absolute atomic E-state index is 2.64. The van der Waals surface area contributed by atoms with Crippen molar-refractivity contribution in [3.8, 4) is 0 Å². The van der Waals surface area contributed by atoms with E-state index in [2.05, 4.69) is 6.08 Å². The fourth-order valence-electron chi connectivity index (χ4n) is 3.31. The third-order valence-corrected chi connectivity index (χ3v) is 4.28. The average molecular weight is 162 g/mol. The van der Waals surface area contributed by atoms with Crippen molar-refractivity contribution >= 4 is 0 Å². The Morgan fingerprint density at radius 2 is 1.83 bits per heavy atom. The van der Waals surface area contributed by atoms with Gasteiger partial charge in [-0.15, -0.1) is 0 Å². The molecule has 12 heavy (non-hydrogen) atoms. The SMILES string of the molecule is C1=C(C2CCCC2)C[C@@H]2CC[C@@H]12. The quantitative estimate of drug-likeness (QED) is 0.517. The predicted molar refractivity (Wildman–Crippen MR) is 50.9 cm³/mol. The van der Waals surface area contributed by atoms with E-state index in [-0.39, 0.29) is 0 Å². The Hall–Kier alpha value is -0.260. The molecule has 0 aliphatic heterocycles. The van der Waals surface area contributed by atoms with Crippen LogP contribution in [-0.2, 0) is 0 Å². The summed E-state index contributed by atoms with van der Waals surface area (Å²) < 4.78 is 0. The maximum Gasteiger partial charge on any atom is -0.0199 e. The van der Waals surface area contributed by atoms with Gasteiger partial charge < -0.3 is 0 Å². The van der Waals surface area contributed by atoms with Crippen LogP contribution >= 0.6 is 0 Å². The first-order chi connectivity index (χ1) is 5.93. The zero-order valence-corrected chi connectivity index (χ0v) is 7.76. The summed E-state index contributed by atoms with van der Waals surface area (Å²) in [6.45, 7) is 0. The summed E-state index contributed by atoms with van der Waals surface area (Å²) in [5.74, 6) is 3.15. The van der Waals surface area contributed by atoms with Crippen LogP contribution in [0.25, 0.3) is 0 Å². The topological polar surface area (TPSA) is 0 Å². The third kappa shape index (κ3) is 0.967. The van der Waals surface area contributed by atoms with Crippen molar-refractivity contribution in [2.24, 2.45) is 17.8 Å². The van der Waals surface area contributed by atoms with Crippen LogP contribution < -0.4 is 0 Å². The van der Waals surface area contributed by atoms with E-state index in [1.54, 1.807) is 0 Å². The molecule has 0 aromatic rings. The Labute approximate surface area is 75.0 Å². The highest BCUT2D eigenvalue weighted by Crippen LogP contribution is 2.49. The van der Waals surface area contributed by atoms with Gasteiger partial charge in [-0.1, -0.05) is 24.5 Å². The zero-order chi connectivity index (χ0) is 7.97. The van der Waals surface area contributed by atoms with Crippen LogP contribution in [-0.4, -0.2) is 0 Å². The number of fused-ring (bicyclic) bond motifs is 1. The largest absolute Gasteiger partial charge is 0.0816 e. The molecular weight excluding hydrogens is 144 g/mol. The highest BCUT2D eigenvalue weighted by molar-refractivity contribution is 5.20. The fraction of sp³-hybridized carbons (Fsp3) is 0.833. The Morgan fingerprint density at radius 1 is 1.00 bits per heavy atom. The Balaban J connectivity index is 1.72. The number of hydrogen-bond acceptors (Lipinski definition) is 0. The van der Waals surface area contributed by atoms with E-state index in [0.29, 0.717) is 0 Å². The van der Waals surface area contributed by atoms with Crippen LogP contribution in [0.2, 0.25) is 0 Å². The van der Waals surface area contributed by atoms with Gasteiger partial charge in [0.2, 0.25) is 0 Å². The van der Waals surface area contributed by atoms with Gasteiger partial charge >= 0.3 is 0 Å². The van der Waals surface area contributed by atoms with Gasteiger partial charge in [-0.05, 0) is 49.9 Å². The molecule has 3 aliphatic carbocycles. The van der Waals surface area contributed by atoms with Crippen molar-refractivity contribution < 1.29 is 0 Å². The third-order valence-electron chi connectivity index (χ3n) is 4.28. The smallest absolute Gasteiger partial charge is 0.0199 e. The molecule has 2 saturated carbocycles. The van der Waals surface area contributed by atoms with E-state index in [9.17, 15) is 0 Å². The molecule has 0 aromatic heterocycles. The molecule has 0 bridgehead atoms. The van der Waals surface area contributed by atoms with Crippen molar-refractivity contribution in [2.45, 2.75) is 44.9 Å². The summed E-state index contributed by atoms with van der Waals surface area (Å²) in [7, 11) is 0. The van der Waals surface area contributed by atoms with E-state index in [0.717, 1.165) is 17.8 Å². The summed E-state index contributed by atoms with van der Waals surface area (Å²) in [6.07, 6.45) is 13.2. The van der Waals surface area contributed by atoms with Gasteiger partial charge in [0.15, 0.2) is 0 Å². The fourth-order valence-corrected chi connectivity index (χ4v) is 3.31. The Bertz CT molecular complexity index is 208. The molecule has 0 saturated heterocycles. The number of hydrogen-bond donors (Lipinski definition) is 0. The summed E-state index contributed by atoms with van der Waals surface area (Å²) in [5.41, 5.74) is 1.86. The first-order valence-corrected chi connectivity index (χ1v) is 5.64. The molecule has 0 heteroatoms. The second-order valence-electron chi connectivity index (χ2n) is 4.93. The minimum atomic E-state index is 1.02. The Kier molecular flexibility index (Phi) is 1.56. The molecule has 0 radical (unpaired) electrons. The van der Waals surface area contributed by atoms with E-state index >= 15 is 0 Å². The minimum absolute atomic E-state index is 1.02. The second kappa shape index (κ2) is 2.61. The van der Waals surface area contributed by atoms with Crippen LogP contribution in [0.15, 0.2) is 11.6 Å². The van der Waals surface area contributed by atoms with Gasteiger partial charge in [-0.2, -0.15) is 0 Å². The maximum atomic E-state index is 2.64. The van der Waals surface area contributed by atoms with Crippen molar-refractivity contribution in [1.82, 2.24) is 0 Å². The van der Waals surface area contributed by atoms with E-state index in [1.165, 1.54) is 44.9 Å². The van der Waals surface area contributed by atoms with Gasteiger partial charge in [-0.25, -0.2) is 0 Å². The predicted octanol–water partition coefficient (Wildman–Crippen LogP) is 3.53. The van der Waals surface area contributed by atoms with Gasteiger partial charge in [0, 0.05) is 0 Å². The minimum Gasteiger partial charge on any atom is -0.0816 e. The highest BCUT2D eigenvalue weighted by atomic mass is 14.4. The molecule has 2 fully saturated rings. The molecule has 0 amide bonds. The molecule has 66 valence electrons. The lowest BCUT2D eigenvalue weighted by atomic mass is 9.76. The molecule has 0 aromatic carbocycles. The first-order valence-electron chi connectivity index (χ1n) is 5.64. The van der Waals surface area contributed by atoms with Crippen molar-refractivity contribution in [2.75, 3.05) is 0 Å². The van der Waals surface area contributed by atoms with Crippen LogP contribution in [0.4, 0.5) is 0 Å². The van der Waals surface area contributed by atoms with Crippen LogP contribution in [0, 0.1) is 17.8 Å². The van der Waals surface area contributed by atoms with Crippen molar-refractivity contribution in [3.05, 3.63) is 11.6 Å². The average Bonchev–Trinajstić information content (AvgIpc) is 2.61. The van der Waals surface area contributed by atoms with E-state index in [1.807, 2.05) is 5.57 Å². The summed E-state index contributed by atoms with van der Waals surface area (Å²) >= 11 is 0. The lowest BCUT2D eigenvalue weighted by Crippen LogP contribution is -2.19. The van der Waals surface area contributed by atoms with Crippen LogP contribution in [0.3, 0.4) is 0 Å². The normalized spacial score (nSPS) is 40.8. The van der Waals surface area contributed by atoms with E-state index in [4.69, 9.17) is 0 Å². The molecule has 3 aliphatic rings. The lowest BCUT2D eigenvalue weighted by molar-refractivity contribution is 0.246. The highest BCUT2D eigenvalue weighted by Gasteiger charge is 2.37. The van der Waals surface area contributed by atoms with Gasteiger partial charge in [0.05, 0.1) is 0 Å². The molecule has 0 heterocycles. The first kappa shape index (κ1) is 7.17. The second-order valence-corrected chi connectivity index (χ2v) is 4.93. The number of rotatable bonds is 1. The van der Waals surface area contributed by atoms with Crippen molar-refractivity contribution in [3.63, 3.8) is 0 Å². The summed E-state index contributed by atoms with van der Waals surface area (Å²) in [6, 6.07) is 0. The standard InChI is InChI=1S/C12H18/c1-2-4-9(3-1)12-7-10-5-6-11(10)8-12/h7,9-11H,1-6,8H2/t10-,11-/m0/s1. The van der Waals surface area contributed by atoms with Crippen molar-refractivity contribution in [1.29, 1.82) is 0 Å². The monoisotopic (exact) mass is 162 g/mol. The van der Waals surface area contributed by atoms with Crippen LogP contribution in [0.1, 0.15) is 44.9 Å².